The standard InChI is InChI=1S/C5H8O3S/c1-9(7)4-2-3-8-5(4)6/h4H,2-3H2,1H3/t4?,9-/m1/s1. The van der Waals surface area contributed by atoms with Gasteiger partial charge in [0.1, 0.15) is 5.25 Å². The van der Waals surface area contributed by atoms with E-state index in [1.54, 1.807) is 0 Å². The number of ether oxygens (including phenoxy) is 1. The molecule has 0 radical (unpaired) electrons. The molecule has 0 bridgehead atoms. The van der Waals surface area contributed by atoms with Crippen molar-refractivity contribution in [2.75, 3.05) is 12.9 Å². The highest BCUT2D eigenvalue weighted by Crippen LogP contribution is 2.10. The van der Waals surface area contributed by atoms with Crippen LogP contribution in [-0.4, -0.2) is 28.3 Å². The van der Waals surface area contributed by atoms with Gasteiger partial charge in [-0.25, -0.2) is 0 Å². The van der Waals surface area contributed by atoms with Crippen LogP contribution < -0.4 is 0 Å². The van der Waals surface area contributed by atoms with E-state index < -0.39 is 10.8 Å². The van der Waals surface area contributed by atoms with Gasteiger partial charge in [0.05, 0.1) is 6.61 Å². The van der Waals surface area contributed by atoms with E-state index in [4.69, 9.17) is 0 Å². The van der Waals surface area contributed by atoms with E-state index in [0.717, 1.165) is 0 Å². The summed E-state index contributed by atoms with van der Waals surface area (Å²) in [5, 5.41) is -0.356. The van der Waals surface area contributed by atoms with Crippen molar-refractivity contribution in [1.29, 1.82) is 0 Å². The molecule has 1 saturated heterocycles. The van der Waals surface area contributed by atoms with Crippen molar-refractivity contribution in [2.45, 2.75) is 11.7 Å². The van der Waals surface area contributed by atoms with Crippen LogP contribution in [-0.2, 0) is 20.3 Å². The third-order valence-electron chi connectivity index (χ3n) is 1.29. The molecule has 1 fully saturated rings. The van der Waals surface area contributed by atoms with E-state index in [1.165, 1.54) is 6.26 Å². The molecule has 0 saturated carbocycles. The molecule has 1 aliphatic heterocycles. The van der Waals surface area contributed by atoms with Crippen molar-refractivity contribution in [3.05, 3.63) is 0 Å². The molecule has 9 heavy (non-hydrogen) atoms. The van der Waals surface area contributed by atoms with Crippen molar-refractivity contribution in [3.63, 3.8) is 0 Å². The second kappa shape index (κ2) is 2.47. The Bertz CT molecular complexity index is 154. The van der Waals surface area contributed by atoms with Gasteiger partial charge in [-0.15, -0.1) is 0 Å². The van der Waals surface area contributed by atoms with E-state index >= 15 is 0 Å². The van der Waals surface area contributed by atoms with Crippen molar-refractivity contribution in [2.24, 2.45) is 0 Å². The number of carbonyl (C=O) groups is 1. The molecule has 1 aliphatic rings. The predicted octanol–water partition coefficient (Wildman–Crippen LogP) is -0.320. The van der Waals surface area contributed by atoms with Gasteiger partial charge in [0.15, 0.2) is 0 Å². The van der Waals surface area contributed by atoms with E-state index in [9.17, 15) is 9.00 Å². The summed E-state index contributed by atoms with van der Waals surface area (Å²) in [4.78, 5) is 10.6. The molecule has 0 spiro atoms. The average Bonchev–Trinajstić information content (AvgIpc) is 2.13. The predicted molar refractivity (Wildman–Crippen MR) is 33.4 cm³/mol. The molecule has 1 rings (SSSR count). The molecular formula is C5H8O3S. The number of carbonyl (C=O) groups excluding carboxylic acids is 1. The zero-order valence-electron chi connectivity index (χ0n) is 5.12. The molecular weight excluding hydrogens is 140 g/mol. The Morgan fingerprint density at radius 3 is 2.67 bits per heavy atom. The Kier molecular flexibility index (Phi) is 1.85. The largest absolute Gasteiger partial charge is 0.465 e. The van der Waals surface area contributed by atoms with Crippen LogP contribution in [0.5, 0.6) is 0 Å². The summed E-state index contributed by atoms with van der Waals surface area (Å²) in [6, 6.07) is 0. The van der Waals surface area contributed by atoms with Crippen LogP contribution in [0.4, 0.5) is 0 Å². The van der Waals surface area contributed by atoms with Crippen LogP contribution in [0.15, 0.2) is 0 Å². The normalized spacial score (nSPS) is 29.9. The zero-order valence-corrected chi connectivity index (χ0v) is 5.94. The topological polar surface area (TPSA) is 43.4 Å². The Labute approximate surface area is 55.8 Å². The molecule has 0 aromatic carbocycles. The Morgan fingerprint density at radius 2 is 2.44 bits per heavy atom. The van der Waals surface area contributed by atoms with Gasteiger partial charge < -0.3 is 4.74 Å². The van der Waals surface area contributed by atoms with Gasteiger partial charge in [-0.1, -0.05) is 0 Å². The number of rotatable bonds is 1. The van der Waals surface area contributed by atoms with Gasteiger partial charge in [-0.3, -0.25) is 9.00 Å². The Hall–Kier alpha value is -0.380. The third kappa shape index (κ3) is 1.30. The maximum atomic E-state index is 10.7. The molecule has 2 atom stereocenters. The van der Waals surface area contributed by atoms with E-state index in [0.29, 0.717) is 13.0 Å². The molecule has 0 N–H and O–H groups in total. The van der Waals surface area contributed by atoms with Gasteiger partial charge >= 0.3 is 5.97 Å². The van der Waals surface area contributed by atoms with Crippen molar-refractivity contribution in [1.82, 2.24) is 0 Å². The zero-order chi connectivity index (χ0) is 6.85. The van der Waals surface area contributed by atoms with Crippen molar-refractivity contribution in [3.8, 4) is 0 Å². The maximum absolute atomic E-state index is 10.7. The van der Waals surface area contributed by atoms with Gasteiger partial charge in [-0.2, -0.15) is 0 Å². The summed E-state index contributed by atoms with van der Waals surface area (Å²) in [5.74, 6) is -0.309. The fourth-order valence-electron chi connectivity index (χ4n) is 0.779. The lowest BCUT2D eigenvalue weighted by Crippen LogP contribution is -2.18. The van der Waals surface area contributed by atoms with Crippen LogP contribution in [0.2, 0.25) is 0 Å². The minimum atomic E-state index is -1.05. The van der Waals surface area contributed by atoms with E-state index in [1.807, 2.05) is 0 Å². The fraction of sp³-hybridized carbons (Fsp3) is 0.800. The molecule has 0 aliphatic carbocycles. The fourth-order valence-corrected chi connectivity index (χ4v) is 1.55. The molecule has 0 aromatic rings. The van der Waals surface area contributed by atoms with E-state index in [-0.39, 0.29) is 11.2 Å². The number of esters is 1. The Morgan fingerprint density at radius 1 is 1.78 bits per heavy atom. The highest BCUT2D eigenvalue weighted by Gasteiger charge is 2.29. The molecule has 1 unspecified atom stereocenters. The molecule has 4 heteroatoms. The van der Waals surface area contributed by atoms with Crippen LogP contribution in [0.1, 0.15) is 6.42 Å². The third-order valence-corrected chi connectivity index (χ3v) is 2.52. The first-order valence-corrected chi connectivity index (χ1v) is 4.33. The molecule has 1 heterocycles. The minimum Gasteiger partial charge on any atom is -0.465 e. The molecule has 0 amide bonds. The summed E-state index contributed by atoms with van der Waals surface area (Å²) in [7, 11) is -1.05. The average molecular weight is 148 g/mol. The first kappa shape index (κ1) is 6.74. The number of cyclic esters (lactones) is 1. The first-order chi connectivity index (χ1) is 4.22. The van der Waals surface area contributed by atoms with Crippen molar-refractivity contribution < 1.29 is 13.7 Å². The quantitative estimate of drug-likeness (QED) is 0.479. The smallest absolute Gasteiger partial charge is 0.321 e. The van der Waals surface area contributed by atoms with Gasteiger partial charge in [-0.05, 0) is 0 Å². The number of hydrogen-bond donors (Lipinski definition) is 0. The van der Waals surface area contributed by atoms with Gasteiger partial charge in [0.25, 0.3) is 0 Å². The van der Waals surface area contributed by atoms with E-state index in [2.05, 4.69) is 4.74 Å². The Balaban J connectivity index is 2.60. The SMILES string of the molecule is C[S@@](=O)C1CCOC1=O. The summed E-state index contributed by atoms with van der Waals surface area (Å²) in [6.07, 6.45) is 2.14. The van der Waals surface area contributed by atoms with Crippen molar-refractivity contribution >= 4 is 16.8 Å². The lowest BCUT2D eigenvalue weighted by atomic mass is 10.4. The van der Waals surface area contributed by atoms with Crippen LogP contribution in [0, 0.1) is 0 Å². The highest BCUT2D eigenvalue weighted by molar-refractivity contribution is 7.85. The van der Waals surface area contributed by atoms with Crippen LogP contribution in [0.3, 0.4) is 0 Å². The second-order valence-electron chi connectivity index (χ2n) is 1.94. The summed E-state index contributed by atoms with van der Waals surface area (Å²) in [5.41, 5.74) is 0. The lowest BCUT2D eigenvalue weighted by Gasteiger charge is -1.96. The lowest BCUT2D eigenvalue weighted by molar-refractivity contribution is -0.137. The maximum Gasteiger partial charge on any atom is 0.321 e. The van der Waals surface area contributed by atoms with Gasteiger partial charge in [0.2, 0.25) is 0 Å². The molecule has 52 valence electrons. The molecule has 3 nitrogen and oxygen atoms in total. The van der Waals surface area contributed by atoms with Crippen LogP contribution >= 0.6 is 0 Å². The highest BCUT2D eigenvalue weighted by atomic mass is 32.2. The summed E-state index contributed by atoms with van der Waals surface area (Å²) >= 11 is 0. The first-order valence-electron chi connectivity index (χ1n) is 2.70. The van der Waals surface area contributed by atoms with Gasteiger partial charge in [0, 0.05) is 23.5 Å². The minimum absolute atomic E-state index is 0.309. The monoisotopic (exact) mass is 148 g/mol. The number of hydrogen-bond acceptors (Lipinski definition) is 3. The van der Waals surface area contributed by atoms with Crippen LogP contribution in [0.25, 0.3) is 0 Å². The summed E-state index contributed by atoms with van der Waals surface area (Å²) < 4.78 is 15.3. The summed E-state index contributed by atoms with van der Waals surface area (Å²) in [6.45, 7) is 0.434. The molecule has 0 aromatic heterocycles. The second-order valence-corrected chi connectivity index (χ2v) is 3.51.